The van der Waals surface area contributed by atoms with Crippen molar-refractivity contribution >= 4 is 28.6 Å². The molecule has 8 heteroatoms. The first-order valence-electron chi connectivity index (χ1n) is 9.99. The lowest BCUT2D eigenvalue weighted by atomic mass is 10.1. The van der Waals surface area contributed by atoms with Crippen molar-refractivity contribution in [1.82, 2.24) is 9.88 Å². The maximum absolute atomic E-state index is 12.6. The van der Waals surface area contributed by atoms with E-state index < -0.39 is 5.76 Å². The molecule has 1 saturated heterocycles. The van der Waals surface area contributed by atoms with E-state index in [1.807, 2.05) is 0 Å². The maximum Gasteiger partial charge on any atom is 0.419 e. The average Bonchev–Trinajstić information content (AvgIpc) is 3.38. The fourth-order valence-electron chi connectivity index (χ4n) is 3.55. The lowest BCUT2D eigenvalue weighted by Crippen LogP contribution is -2.32. The van der Waals surface area contributed by atoms with E-state index in [1.54, 1.807) is 48.5 Å². The summed E-state index contributed by atoms with van der Waals surface area (Å²) in [4.78, 5) is 37.1. The van der Waals surface area contributed by atoms with Crippen LogP contribution in [0.5, 0.6) is 0 Å². The minimum atomic E-state index is -0.502. The molecular formula is C22H23N3O5. The summed E-state index contributed by atoms with van der Waals surface area (Å²) in [5.41, 5.74) is 1.94. The zero-order chi connectivity index (χ0) is 20.9. The summed E-state index contributed by atoms with van der Waals surface area (Å²) in [6, 6.07) is 13.9. The number of fused-ring (bicyclic) bond motifs is 1. The highest BCUT2D eigenvalue weighted by molar-refractivity contribution is 6.03. The number of hydrogen-bond donors (Lipinski definition) is 2. The van der Waals surface area contributed by atoms with Crippen LogP contribution in [0.1, 0.15) is 29.6 Å². The van der Waals surface area contributed by atoms with Crippen molar-refractivity contribution in [2.24, 2.45) is 0 Å². The highest BCUT2D eigenvalue weighted by atomic mass is 16.5. The van der Waals surface area contributed by atoms with Crippen LogP contribution < -0.4 is 16.4 Å². The van der Waals surface area contributed by atoms with E-state index in [9.17, 15) is 14.4 Å². The third kappa shape index (κ3) is 4.44. The van der Waals surface area contributed by atoms with Gasteiger partial charge in [-0.25, -0.2) is 4.79 Å². The van der Waals surface area contributed by atoms with Crippen LogP contribution in [-0.2, 0) is 16.1 Å². The number of aryl methyl sites for hydroxylation is 1. The second-order valence-electron chi connectivity index (χ2n) is 7.18. The molecule has 2 N–H and O–H groups in total. The first-order valence-corrected chi connectivity index (χ1v) is 9.99. The Morgan fingerprint density at radius 3 is 2.73 bits per heavy atom. The van der Waals surface area contributed by atoms with Crippen LogP contribution in [-0.4, -0.2) is 35.6 Å². The van der Waals surface area contributed by atoms with Gasteiger partial charge in [0.15, 0.2) is 5.58 Å². The van der Waals surface area contributed by atoms with Crippen molar-refractivity contribution in [2.75, 3.05) is 18.5 Å². The number of hydrogen-bond acceptors (Lipinski definition) is 5. The Kier molecular flexibility index (Phi) is 5.94. The van der Waals surface area contributed by atoms with Gasteiger partial charge in [0.25, 0.3) is 5.91 Å². The first-order chi connectivity index (χ1) is 14.6. The highest BCUT2D eigenvalue weighted by Crippen LogP contribution is 2.17. The molecule has 0 radical (unpaired) electrons. The third-order valence-electron chi connectivity index (χ3n) is 5.10. The molecule has 156 valence electrons. The van der Waals surface area contributed by atoms with Crippen LogP contribution in [0.3, 0.4) is 0 Å². The van der Waals surface area contributed by atoms with Crippen LogP contribution in [0.2, 0.25) is 0 Å². The number of para-hydroxylation sites is 3. The van der Waals surface area contributed by atoms with Crippen molar-refractivity contribution in [3.05, 3.63) is 64.6 Å². The normalized spacial score (nSPS) is 15.9. The number of aromatic nitrogens is 1. The predicted molar refractivity (Wildman–Crippen MR) is 111 cm³/mol. The molecule has 0 bridgehead atoms. The molecule has 1 atom stereocenters. The summed E-state index contributed by atoms with van der Waals surface area (Å²) in [5, 5.41) is 5.64. The van der Waals surface area contributed by atoms with Gasteiger partial charge in [-0.1, -0.05) is 24.3 Å². The fourth-order valence-corrected chi connectivity index (χ4v) is 3.55. The number of nitrogens with zero attached hydrogens (tertiary/aromatic N) is 1. The Labute approximate surface area is 172 Å². The van der Waals surface area contributed by atoms with Gasteiger partial charge in [-0.15, -0.1) is 0 Å². The van der Waals surface area contributed by atoms with Gasteiger partial charge in [-0.05, 0) is 37.1 Å². The SMILES string of the molecule is O=C(CCn1c(=O)oc2ccccc21)Nc1ccccc1C(=O)NC[C@H]1CCCO1. The summed E-state index contributed by atoms with van der Waals surface area (Å²) in [6.07, 6.45) is 2.04. The van der Waals surface area contributed by atoms with E-state index in [0.29, 0.717) is 28.9 Å². The van der Waals surface area contributed by atoms with Gasteiger partial charge in [0.05, 0.1) is 22.9 Å². The number of carbonyl (C=O) groups excluding carboxylic acids is 2. The standard InChI is InChI=1S/C22H23N3O5/c26-20(11-12-25-18-9-3-4-10-19(18)30-22(25)28)24-17-8-2-1-7-16(17)21(27)23-14-15-6-5-13-29-15/h1-4,7-10,15H,5-6,11-14H2,(H,23,27)(H,24,26)/t15-/m1/s1. The number of oxazole rings is 1. The number of nitrogens with one attached hydrogen (secondary N) is 2. The second kappa shape index (κ2) is 8.96. The zero-order valence-electron chi connectivity index (χ0n) is 16.4. The Morgan fingerprint density at radius 1 is 1.10 bits per heavy atom. The first kappa shape index (κ1) is 19.9. The van der Waals surface area contributed by atoms with E-state index in [4.69, 9.17) is 9.15 Å². The molecule has 0 unspecified atom stereocenters. The molecule has 1 aliphatic rings. The number of carbonyl (C=O) groups is 2. The Balaban J connectivity index is 1.39. The van der Waals surface area contributed by atoms with Crippen molar-refractivity contribution < 1.29 is 18.7 Å². The minimum absolute atomic E-state index is 0.0406. The maximum atomic E-state index is 12.6. The highest BCUT2D eigenvalue weighted by Gasteiger charge is 2.18. The molecule has 1 aliphatic heterocycles. The summed E-state index contributed by atoms with van der Waals surface area (Å²) < 4.78 is 12.1. The molecule has 0 aliphatic carbocycles. The molecule has 2 amide bonds. The number of benzene rings is 2. The molecule has 2 heterocycles. The van der Waals surface area contributed by atoms with Gasteiger partial charge in [-0.2, -0.15) is 0 Å². The van der Waals surface area contributed by atoms with Gasteiger partial charge in [0.1, 0.15) is 0 Å². The minimum Gasteiger partial charge on any atom is -0.408 e. The monoisotopic (exact) mass is 409 g/mol. The van der Waals surface area contributed by atoms with Crippen molar-refractivity contribution in [3.63, 3.8) is 0 Å². The Morgan fingerprint density at radius 2 is 1.90 bits per heavy atom. The third-order valence-corrected chi connectivity index (χ3v) is 5.10. The van der Waals surface area contributed by atoms with Crippen LogP contribution in [0, 0.1) is 0 Å². The zero-order valence-corrected chi connectivity index (χ0v) is 16.4. The van der Waals surface area contributed by atoms with Gasteiger partial charge < -0.3 is 19.8 Å². The van der Waals surface area contributed by atoms with Crippen LogP contribution >= 0.6 is 0 Å². The number of amides is 2. The van der Waals surface area contributed by atoms with Crippen molar-refractivity contribution in [2.45, 2.75) is 31.9 Å². The molecular weight excluding hydrogens is 386 g/mol. The number of ether oxygens (including phenoxy) is 1. The molecule has 8 nitrogen and oxygen atoms in total. The van der Waals surface area contributed by atoms with E-state index >= 15 is 0 Å². The average molecular weight is 409 g/mol. The molecule has 3 aromatic rings. The quantitative estimate of drug-likeness (QED) is 0.624. The molecule has 0 spiro atoms. The Bertz CT molecular complexity index is 1110. The van der Waals surface area contributed by atoms with E-state index in [0.717, 1.165) is 19.4 Å². The molecule has 4 rings (SSSR count). The predicted octanol–water partition coefficient (Wildman–Crippen LogP) is 2.53. The molecule has 2 aromatic carbocycles. The largest absolute Gasteiger partial charge is 0.419 e. The van der Waals surface area contributed by atoms with Gasteiger partial charge in [0.2, 0.25) is 5.91 Å². The molecule has 30 heavy (non-hydrogen) atoms. The Hall–Kier alpha value is -3.39. The summed E-state index contributed by atoms with van der Waals surface area (Å²) in [5.74, 6) is -1.07. The van der Waals surface area contributed by atoms with Crippen molar-refractivity contribution in [1.29, 1.82) is 0 Å². The smallest absolute Gasteiger partial charge is 0.408 e. The molecule has 1 fully saturated rings. The van der Waals surface area contributed by atoms with E-state index in [1.165, 1.54) is 4.57 Å². The second-order valence-corrected chi connectivity index (χ2v) is 7.18. The molecule has 1 aromatic heterocycles. The van der Waals surface area contributed by atoms with Crippen LogP contribution in [0.4, 0.5) is 5.69 Å². The number of anilines is 1. The van der Waals surface area contributed by atoms with E-state index in [2.05, 4.69) is 10.6 Å². The van der Waals surface area contributed by atoms with Crippen LogP contribution in [0.25, 0.3) is 11.1 Å². The summed E-state index contributed by atoms with van der Waals surface area (Å²) in [7, 11) is 0. The fraction of sp³-hybridized carbons (Fsp3) is 0.318. The molecule has 0 saturated carbocycles. The van der Waals surface area contributed by atoms with Gasteiger partial charge in [-0.3, -0.25) is 14.2 Å². The number of rotatable bonds is 7. The lowest BCUT2D eigenvalue weighted by Gasteiger charge is -2.14. The summed E-state index contributed by atoms with van der Waals surface area (Å²) >= 11 is 0. The van der Waals surface area contributed by atoms with Crippen LogP contribution in [0.15, 0.2) is 57.7 Å². The summed E-state index contributed by atoms with van der Waals surface area (Å²) in [6.45, 7) is 1.34. The van der Waals surface area contributed by atoms with E-state index in [-0.39, 0.29) is 30.9 Å². The topological polar surface area (TPSA) is 103 Å². The van der Waals surface area contributed by atoms with Gasteiger partial charge >= 0.3 is 5.76 Å². The van der Waals surface area contributed by atoms with Gasteiger partial charge in [0, 0.05) is 26.1 Å². The lowest BCUT2D eigenvalue weighted by molar-refractivity contribution is -0.116. The van der Waals surface area contributed by atoms with Crippen molar-refractivity contribution in [3.8, 4) is 0 Å².